The second-order valence-corrected chi connectivity index (χ2v) is 6.61. The first-order chi connectivity index (χ1) is 14.3. The number of carbonyl (C=O) groups excluding carboxylic acids is 2. The molecule has 0 bridgehead atoms. The summed E-state index contributed by atoms with van der Waals surface area (Å²) in [5.74, 6) is -1.77. The van der Waals surface area contributed by atoms with Gasteiger partial charge in [0.2, 0.25) is 6.29 Å². The molecule has 0 spiro atoms. The molecule has 0 unspecified atom stereocenters. The first kappa shape index (κ1) is 21.5. The van der Waals surface area contributed by atoms with Gasteiger partial charge in [-0.15, -0.1) is 0 Å². The van der Waals surface area contributed by atoms with Crippen molar-refractivity contribution in [2.24, 2.45) is 0 Å². The number of esters is 2. The molecular weight excluding hydrogens is 400 g/mol. The molecule has 1 heterocycles. The minimum atomic E-state index is -1.75. The molecule has 3 rings (SSSR count). The van der Waals surface area contributed by atoms with Crippen molar-refractivity contribution in [1.29, 1.82) is 0 Å². The van der Waals surface area contributed by atoms with E-state index in [2.05, 4.69) is 0 Å². The Morgan fingerprint density at radius 3 is 1.80 bits per heavy atom. The quantitative estimate of drug-likeness (QED) is 0.413. The summed E-state index contributed by atoms with van der Waals surface area (Å²) in [4.78, 5) is 24.3. The van der Waals surface area contributed by atoms with Crippen LogP contribution in [0.3, 0.4) is 0 Å². The van der Waals surface area contributed by atoms with E-state index in [1.54, 1.807) is 0 Å². The van der Waals surface area contributed by atoms with E-state index in [0.29, 0.717) is 0 Å². The van der Waals surface area contributed by atoms with Crippen LogP contribution in [0.15, 0.2) is 48.5 Å². The zero-order chi connectivity index (χ0) is 21.8. The van der Waals surface area contributed by atoms with Gasteiger partial charge < -0.3 is 39.7 Å². The number of phenolic OH excluding ortho intramolecular Hbond substituents is 2. The number of hydrogen-bond acceptors (Lipinski definition) is 10. The van der Waals surface area contributed by atoms with Crippen molar-refractivity contribution in [3.63, 3.8) is 0 Å². The Morgan fingerprint density at radius 1 is 0.767 bits per heavy atom. The van der Waals surface area contributed by atoms with Gasteiger partial charge in [-0.3, -0.25) is 0 Å². The lowest BCUT2D eigenvalue weighted by atomic mass is 9.99. The predicted octanol–water partition coefficient (Wildman–Crippen LogP) is -0.0808. The van der Waals surface area contributed by atoms with Crippen molar-refractivity contribution in [1.82, 2.24) is 0 Å². The molecule has 0 amide bonds. The van der Waals surface area contributed by atoms with Crippen LogP contribution in [0.2, 0.25) is 0 Å². The van der Waals surface area contributed by atoms with Gasteiger partial charge in [-0.25, -0.2) is 9.59 Å². The van der Waals surface area contributed by atoms with E-state index in [-0.39, 0.29) is 22.6 Å². The van der Waals surface area contributed by atoms with Crippen LogP contribution >= 0.6 is 0 Å². The number of aliphatic hydroxyl groups excluding tert-OH is 3. The van der Waals surface area contributed by atoms with Crippen LogP contribution in [0, 0.1) is 0 Å². The average Bonchev–Trinajstić information content (AvgIpc) is 2.74. The summed E-state index contributed by atoms with van der Waals surface area (Å²) in [5, 5.41) is 48.7. The molecule has 5 atom stereocenters. The van der Waals surface area contributed by atoms with Crippen molar-refractivity contribution >= 4 is 11.9 Å². The van der Waals surface area contributed by atoms with E-state index in [9.17, 15) is 35.1 Å². The summed E-state index contributed by atoms with van der Waals surface area (Å²) in [6.07, 6.45) is -8.01. The maximum atomic E-state index is 12.2. The maximum absolute atomic E-state index is 12.2. The molecule has 0 radical (unpaired) electrons. The molecule has 1 aliphatic rings. The molecule has 30 heavy (non-hydrogen) atoms. The van der Waals surface area contributed by atoms with Crippen LogP contribution < -0.4 is 0 Å². The normalized spacial score (nSPS) is 26.0. The Kier molecular flexibility index (Phi) is 6.53. The van der Waals surface area contributed by atoms with Crippen molar-refractivity contribution in [3.8, 4) is 11.5 Å². The Morgan fingerprint density at radius 2 is 1.27 bits per heavy atom. The molecule has 1 saturated heterocycles. The van der Waals surface area contributed by atoms with E-state index < -0.39 is 49.3 Å². The highest BCUT2D eigenvalue weighted by Gasteiger charge is 2.46. The molecule has 2 aromatic rings. The molecule has 1 fully saturated rings. The third-order valence-electron chi connectivity index (χ3n) is 4.48. The summed E-state index contributed by atoms with van der Waals surface area (Å²) >= 11 is 0. The summed E-state index contributed by atoms with van der Waals surface area (Å²) in [6.45, 7) is -0.502. The fourth-order valence-corrected chi connectivity index (χ4v) is 2.76. The van der Waals surface area contributed by atoms with Crippen LogP contribution in [-0.4, -0.2) is 74.8 Å². The third kappa shape index (κ3) is 4.86. The van der Waals surface area contributed by atoms with E-state index in [4.69, 9.17) is 14.2 Å². The monoisotopic (exact) mass is 420 g/mol. The second-order valence-electron chi connectivity index (χ2n) is 6.61. The highest BCUT2D eigenvalue weighted by molar-refractivity contribution is 5.90. The Bertz CT molecular complexity index is 877. The van der Waals surface area contributed by atoms with Gasteiger partial charge in [-0.05, 0) is 48.5 Å². The van der Waals surface area contributed by atoms with Crippen LogP contribution in [0.4, 0.5) is 0 Å². The lowest BCUT2D eigenvalue weighted by Crippen LogP contribution is -2.59. The summed E-state index contributed by atoms with van der Waals surface area (Å²) < 4.78 is 15.4. The van der Waals surface area contributed by atoms with Gasteiger partial charge in [0.05, 0.1) is 11.1 Å². The molecule has 160 valence electrons. The minimum Gasteiger partial charge on any atom is -0.508 e. The van der Waals surface area contributed by atoms with Gasteiger partial charge >= 0.3 is 11.9 Å². The molecule has 2 aromatic carbocycles. The van der Waals surface area contributed by atoms with Crippen molar-refractivity contribution in [3.05, 3.63) is 59.7 Å². The fraction of sp³-hybridized carbons (Fsp3) is 0.300. The van der Waals surface area contributed by atoms with Gasteiger partial charge in [0, 0.05) is 0 Å². The number of benzene rings is 2. The van der Waals surface area contributed by atoms with Gasteiger partial charge in [-0.1, -0.05) is 0 Å². The van der Waals surface area contributed by atoms with Crippen LogP contribution in [0.1, 0.15) is 20.7 Å². The molecule has 5 N–H and O–H groups in total. The summed E-state index contributed by atoms with van der Waals surface area (Å²) in [6, 6.07) is 10.3. The lowest BCUT2D eigenvalue weighted by Gasteiger charge is -2.39. The fourth-order valence-electron chi connectivity index (χ4n) is 2.76. The number of carbonyl (C=O) groups is 2. The smallest absolute Gasteiger partial charge is 0.340 e. The number of aliphatic hydroxyl groups is 3. The first-order valence-corrected chi connectivity index (χ1v) is 8.92. The molecule has 0 aromatic heterocycles. The lowest BCUT2D eigenvalue weighted by molar-refractivity contribution is -0.285. The number of aromatic hydroxyl groups is 2. The van der Waals surface area contributed by atoms with E-state index >= 15 is 0 Å². The molecular formula is C20H20O10. The number of rotatable bonds is 5. The van der Waals surface area contributed by atoms with E-state index in [1.165, 1.54) is 48.5 Å². The summed E-state index contributed by atoms with van der Waals surface area (Å²) in [7, 11) is 0. The van der Waals surface area contributed by atoms with E-state index in [0.717, 1.165) is 0 Å². The first-order valence-electron chi connectivity index (χ1n) is 8.92. The van der Waals surface area contributed by atoms with Crippen LogP contribution in [-0.2, 0) is 14.2 Å². The maximum Gasteiger partial charge on any atom is 0.340 e. The van der Waals surface area contributed by atoms with Gasteiger partial charge in [0.25, 0.3) is 0 Å². The van der Waals surface area contributed by atoms with Gasteiger partial charge in [0.15, 0.2) is 0 Å². The van der Waals surface area contributed by atoms with Crippen molar-refractivity contribution in [2.75, 3.05) is 6.61 Å². The van der Waals surface area contributed by atoms with Crippen molar-refractivity contribution in [2.45, 2.75) is 30.7 Å². The highest BCUT2D eigenvalue weighted by atomic mass is 16.7. The Labute approximate surface area is 170 Å². The standard InChI is InChI=1S/C20H20O10/c21-12-5-1-10(2-6-12)18(26)28-9-14-15(23)16(24)17(25)20(29-14)30-19(27)11-3-7-13(22)8-4-11/h1-8,14-17,20-25H,9H2/t14-,15-,16-,17+,20+/m0/s1. The molecule has 0 aliphatic carbocycles. The zero-order valence-corrected chi connectivity index (χ0v) is 15.5. The number of ether oxygens (including phenoxy) is 3. The van der Waals surface area contributed by atoms with Gasteiger partial charge in [-0.2, -0.15) is 0 Å². The average molecular weight is 420 g/mol. The van der Waals surface area contributed by atoms with Crippen LogP contribution in [0.25, 0.3) is 0 Å². The van der Waals surface area contributed by atoms with Crippen LogP contribution in [0.5, 0.6) is 11.5 Å². The van der Waals surface area contributed by atoms with Crippen molar-refractivity contribution < 1.29 is 49.3 Å². The molecule has 10 heteroatoms. The van der Waals surface area contributed by atoms with Gasteiger partial charge in [0.1, 0.15) is 42.5 Å². The number of hydrogen-bond donors (Lipinski definition) is 5. The Balaban J connectivity index is 1.63. The largest absolute Gasteiger partial charge is 0.508 e. The highest BCUT2D eigenvalue weighted by Crippen LogP contribution is 2.24. The predicted molar refractivity (Wildman–Crippen MR) is 98.6 cm³/mol. The SMILES string of the molecule is O=C(OC[C@@H]1O[C@H](OC(=O)c2ccc(O)cc2)[C@H](O)[C@@H](O)[C@H]1O)c1ccc(O)cc1. The third-order valence-corrected chi connectivity index (χ3v) is 4.48. The molecule has 10 nitrogen and oxygen atoms in total. The summed E-state index contributed by atoms with van der Waals surface area (Å²) in [5.41, 5.74) is 0.188. The topological polar surface area (TPSA) is 163 Å². The second kappa shape index (κ2) is 9.09. The van der Waals surface area contributed by atoms with E-state index in [1.807, 2.05) is 0 Å². The zero-order valence-electron chi connectivity index (χ0n) is 15.5. The number of phenols is 2. The molecule has 0 saturated carbocycles. The molecule has 1 aliphatic heterocycles. The minimum absolute atomic E-state index is 0.0343. The Hall–Kier alpha value is -3.18.